The second-order valence-corrected chi connectivity index (χ2v) is 8.06. The maximum Gasteiger partial charge on any atom is 0.277 e. The largest absolute Gasteiger partial charge is 0.411 e. The average molecular weight is 403 g/mol. The molecule has 0 saturated heterocycles. The van der Waals surface area contributed by atoms with Crippen LogP contribution in [0.3, 0.4) is 0 Å². The number of aromatic nitrogens is 2. The molecule has 0 fully saturated rings. The highest BCUT2D eigenvalue weighted by atomic mass is 32.2. The summed E-state index contributed by atoms with van der Waals surface area (Å²) in [5.41, 5.74) is 1.52. The van der Waals surface area contributed by atoms with Gasteiger partial charge in [-0.05, 0) is 35.2 Å². The summed E-state index contributed by atoms with van der Waals surface area (Å²) in [7, 11) is 0. The summed E-state index contributed by atoms with van der Waals surface area (Å²) in [6.45, 7) is 6.38. The first kappa shape index (κ1) is 20.0. The van der Waals surface area contributed by atoms with E-state index >= 15 is 0 Å². The molecule has 1 amide bonds. The molecule has 0 atom stereocenters. The lowest BCUT2D eigenvalue weighted by Crippen LogP contribution is -2.16. The number of amides is 1. The van der Waals surface area contributed by atoms with Crippen molar-refractivity contribution in [2.45, 2.75) is 31.4 Å². The van der Waals surface area contributed by atoms with Crippen molar-refractivity contribution in [1.82, 2.24) is 10.2 Å². The lowest BCUT2D eigenvalue weighted by atomic mass is 9.87. The Morgan fingerprint density at radius 3 is 2.32 bits per heavy atom. The van der Waals surface area contributed by atoms with Crippen molar-refractivity contribution in [3.8, 4) is 11.5 Å². The standard InChI is InChI=1S/C20H19F2N3O2S/c1-20(2,3)13-9-7-12(8-10-13)18-24-25-19(27-18)28-11-16(26)23-17-14(21)5-4-6-15(17)22/h4-10H,11H2,1-3H3,(H,23,26). The summed E-state index contributed by atoms with van der Waals surface area (Å²) >= 11 is 0.985. The summed E-state index contributed by atoms with van der Waals surface area (Å²) in [6, 6.07) is 11.2. The van der Waals surface area contributed by atoms with Gasteiger partial charge >= 0.3 is 0 Å². The molecule has 0 aliphatic rings. The van der Waals surface area contributed by atoms with Crippen molar-refractivity contribution in [3.05, 3.63) is 59.7 Å². The first-order valence-corrected chi connectivity index (χ1v) is 9.53. The summed E-state index contributed by atoms with van der Waals surface area (Å²) in [5, 5.41) is 10.3. The minimum atomic E-state index is -0.836. The second-order valence-electron chi connectivity index (χ2n) is 7.13. The monoisotopic (exact) mass is 403 g/mol. The summed E-state index contributed by atoms with van der Waals surface area (Å²) < 4.78 is 32.7. The zero-order valence-electron chi connectivity index (χ0n) is 15.6. The van der Waals surface area contributed by atoms with Crippen LogP contribution in [0.25, 0.3) is 11.5 Å². The molecule has 2 aromatic carbocycles. The minimum Gasteiger partial charge on any atom is -0.411 e. The first-order valence-electron chi connectivity index (χ1n) is 8.55. The number of anilines is 1. The number of nitrogens with one attached hydrogen (secondary N) is 1. The van der Waals surface area contributed by atoms with Crippen LogP contribution >= 0.6 is 11.8 Å². The van der Waals surface area contributed by atoms with Crippen molar-refractivity contribution in [2.75, 3.05) is 11.1 Å². The average Bonchev–Trinajstić information content (AvgIpc) is 3.12. The number of nitrogens with zero attached hydrogens (tertiary/aromatic N) is 2. The summed E-state index contributed by atoms with van der Waals surface area (Å²) in [4.78, 5) is 11.9. The Kier molecular flexibility index (Phi) is 5.79. The Bertz CT molecular complexity index is 962. The van der Waals surface area contributed by atoms with Crippen molar-refractivity contribution < 1.29 is 18.0 Å². The van der Waals surface area contributed by atoms with Crippen molar-refractivity contribution >= 4 is 23.4 Å². The van der Waals surface area contributed by atoms with Gasteiger partial charge in [0.15, 0.2) is 0 Å². The van der Waals surface area contributed by atoms with Gasteiger partial charge in [-0.2, -0.15) is 0 Å². The molecule has 1 heterocycles. The number of halogens is 2. The first-order chi connectivity index (χ1) is 13.2. The van der Waals surface area contributed by atoms with Crippen LogP contribution in [-0.2, 0) is 10.2 Å². The number of para-hydroxylation sites is 1. The third-order valence-electron chi connectivity index (χ3n) is 3.96. The molecule has 3 rings (SSSR count). The van der Waals surface area contributed by atoms with Crippen LogP contribution in [0, 0.1) is 11.6 Å². The van der Waals surface area contributed by atoms with Crippen LogP contribution in [0.4, 0.5) is 14.5 Å². The van der Waals surface area contributed by atoms with Gasteiger partial charge in [0.05, 0.1) is 5.75 Å². The lowest BCUT2D eigenvalue weighted by Gasteiger charge is -2.18. The second kappa shape index (κ2) is 8.10. The van der Waals surface area contributed by atoms with Crippen LogP contribution in [-0.4, -0.2) is 21.9 Å². The van der Waals surface area contributed by atoms with E-state index in [1.54, 1.807) is 0 Å². The van der Waals surface area contributed by atoms with Gasteiger partial charge in [0.25, 0.3) is 5.22 Å². The number of benzene rings is 2. The molecule has 0 aliphatic heterocycles. The van der Waals surface area contributed by atoms with Gasteiger partial charge in [0.2, 0.25) is 11.8 Å². The van der Waals surface area contributed by atoms with Gasteiger partial charge < -0.3 is 9.73 Å². The van der Waals surface area contributed by atoms with Gasteiger partial charge in [-0.1, -0.05) is 50.7 Å². The molecule has 3 aromatic rings. The Balaban J connectivity index is 1.61. The summed E-state index contributed by atoms with van der Waals surface area (Å²) in [5.74, 6) is -2.04. The predicted molar refractivity (Wildman–Crippen MR) is 104 cm³/mol. The quantitative estimate of drug-likeness (QED) is 0.604. The van der Waals surface area contributed by atoms with E-state index in [9.17, 15) is 13.6 Å². The molecule has 1 N–H and O–H groups in total. The van der Waals surface area contributed by atoms with E-state index in [0.29, 0.717) is 5.89 Å². The molecule has 0 saturated carbocycles. The Hall–Kier alpha value is -2.74. The van der Waals surface area contributed by atoms with E-state index in [1.807, 2.05) is 24.3 Å². The van der Waals surface area contributed by atoms with Gasteiger partial charge in [-0.15, -0.1) is 10.2 Å². The zero-order valence-corrected chi connectivity index (χ0v) is 16.4. The third kappa shape index (κ3) is 4.75. The fourth-order valence-corrected chi connectivity index (χ4v) is 2.98. The molecule has 5 nitrogen and oxygen atoms in total. The number of thioether (sulfide) groups is 1. The fourth-order valence-electron chi connectivity index (χ4n) is 2.42. The molecule has 0 unspecified atom stereocenters. The van der Waals surface area contributed by atoms with Crippen LogP contribution in [0.5, 0.6) is 0 Å². The zero-order chi connectivity index (χ0) is 20.3. The smallest absolute Gasteiger partial charge is 0.277 e. The van der Waals surface area contributed by atoms with E-state index in [1.165, 1.54) is 11.6 Å². The molecule has 28 heavy (non-hydrogen) atoms. The van der Waals surface area contributed by atoms with Gasteiger partial charge in [0.1, 0.15) is 17.3 Å². The highest BCUT2D eigenvalue weighted by Gasteiger charge is 2.16. The van der Waals surface area contributed by atoms with Crippen LogP contribution in [0.2, 0.25) is 0 Å². The minimum absolute atomic E-state index is 0.0411. The topological polar surface area (TPSA) is 68.0 Å². The van der Waals surface area contributed by atoms with E-state index in [2.05, 4.69) is 36.3 Å². The molecular formula is C20H19F2N3O2S. The van der Waals surface area contributed by atoms with E-state index in [0.717, 1.165) is 29.5 Å². The maximum atomic E-state index is 13.6. The van der Waals surface area contributed by atoms with Crippen LogP contribution < -0.4 is 5.32 Å². The highest BCUT2D eigenvalue weighted by molar-refractivity contribution is 7.99. The molecule has 0 radical (unpaired) electrons. The van der Waals surface area contributed by atoms with E-state index in [-0.39, 0.29) is 16.4 Å². The number of hydrogen-bond donors (Lipinski definition) is 1. The molecular weight excluding hydrogens is 384 g/mol. The van der Waals surface area contributed by atoms with Crippen molar-refractivity contribution in [1.29, 1.82) is 0 Å². The molecule has 146 valence electrons. The van der Waals surface area contributed by atoms with Gasteiger partial charge in [-0.25, -0.2) is 8.78 Å². The number of hydrogen-bond acceptors (Lipinski definition) is 5. The molecule has 0 spiro atoms. The molecule has 0 aliphatic carbocycles. The third-order valence-corrected chi connectivity index (χ3v) is 4.78. The normalized spacial score (nSPS) is 11.5. The number of carbonyl (C=O) groups is 1. The predicted octanol–water partition coefficient (Wildman–Crippen LogP) is 5.04. The SMILES string of the molecule is CC(C)(C)c1ccc(-c2nnc(SCC(=O)Nc3c(F)cccc3F)o2)cc1. The number of carbonyl (C=O) groups excluding carboxylic acids is 1. The van der Waals surface area contributed by atoms with Crippen molar-refractivity contribution in [3.63, 3.8) is 0 Å². The fraction of sp³-hybridized carbons (Fsp3) is 0.250. The van der Waals surface area contributed by atoms with Gasteiger partial charge in [-0.3, -0.25) is 4.79 Å². The maximum absolute atomic E-state index is 13.6. The number of rotatable bonds is 5. The molecule has 8 heteroatoms. The summed E-state index contributed by atoms with van der Waals surface area (Å²) in [6.07, 6.45) is 0. The molecule has 0 bridgehead atoms. The Labute approximate surface area is 165 Å². The lowest BCUT2D eigenvalue weighted by molar-refractivity contribution is -0.113. The van der Waals surface area contributed by atoms with Crippen molar-refractivity contribution in [2.24, 2.45) is 0 Å². The Morgan fingerprint density at radius 2 is 1.71 bits per heavy atom. The van der Waals surface area contributed by atoms with E-state index < -0.39 is 23.2 Å². The Morgan fingerprint density at radius 1 is 1.07 bits per heavy atom. The van der Waals surface area contributed by atoms with Gasteiger partial charge in [0, 0.05) is 5.56 Å². The van der Waals surface area contributed by atoms with E-state index in [4.69, 9.17) is 4.42 Å². The van der Waals surface area contributed by atoms with Crippen LogP contribution in [0.1, 0.15) is 26.3 Å². The van der Waals surface area contributed by atoms with Crippen LogP contribution in [0.15, 0.2) is 52.1 Å². The molecule has 1 aromatic heterocycles. The highest BCUT2D eigenvalue weighted by Crippen LogP contribution is 2.27.